The van der Waals surface area contributed by atoms with Gasteiger partial charge in [0.05, 0.1) is 19.9 Å². The number of hydrogen-bond acceptors (Lipinski definition) is 4. The lowest BCUT2D eigenvalue weighted by atomic mass is 10.3. The highest BCUT2D eigenvalue weighted by Gasteiger charge is 2.01. The minimum atomic E-state index is 0.748. The van der Waals surface area contributed by atoms with E-state index in [0.717, 1.165) is 26.4 Å². The Morgan fingerprint density at radius 3 is 2.37 bits per heavy atom. The first-order valence-corrected chi connectivity index (χ1v) is 6.70. The van der Waals surface area contributed by atoms with Gasteiger partial charge in [0.15, 0.2) is 0 Å². The first-order chi connectivity index (χ1) is 9.22. The van der Waals surface area contributed by atoms with E-state index in [0.29, 0.717) is 0 Å². The summed E-state index contributed by atoms with van der Waals surface area (Å²) in [5.74, 6) is 1.52. The third-order valence-corrected chi connectivity index (χ3v) is 3.39. The Balaban J connectivity index is 2.26. The molecular weight excluding hydrogens is 355 g/mol. The van der Waals surface area contributed by atoms with E-state index in [-0.39, 0.29) is 0 Å². The van der Waals surface area contributed by atoms with E-state index in [1.165, 1.54) is 0 Å². The van der Waals surface area contributed by atoms with E-state index in [9.17, 15) is 0 Å². The fraction of sp³-hybridized carbons (Fsp3) is 0.143. The number of methoxy groups -OCH3 is 2. The van der Waals surface area contributed by atoms with Crippen LogP contribution >= 0.6 is 22.6 Å². The zero-order valence-electron chi connectivity index (χ0n) is 10.6. The van der Waals surface area contributed by atoms with Crippen LogP contribution in [0.15, 0.2) is 52.7 Å². The summed E-state index contributed by atoms with van der Waals surface area (Å²) in [7, 11) is 3.26. The third-order valence-electron chi connectivity index (χ3n) is 2.48. The molecule has 0 amide bonds. The molecule has 98 valence electrons. The van der Waals surface area contributed by atoms with Crippen LogP contribution in [-0.2, 0) is 0 Å². The maximum atomic E-state index is 5.17. The van der Waals surface area contributed by atoms with Gasteiger partial charge in [-0.1, -0.05) is 6.07 Å². The fourth-order valence-electron chi connectivity index (χ4n) is 1.48. The van der Waals surface area contributed by atoms with E-state index >= 15 is 0 Å². The molecule has 4 nitrogen and oxygen atoms in total. The summed E-state index contributed by atoms with van der Waals surface area (Å²) < 4.78 is 11.3. The number of nitrogens with zero attached hydrogens (tertiary/aromatic N) is 2. The second-order valence-electron chi connectivity index (χ2n) is 3.72. The summed E-state index contributed by atoms with van der Waals surface area (Å²) in [6.07, 6.45) is 0. The number of ether oxygens (including phenoxy) is 2. The van der Waals surface area contributed by atoms with Crippen molar-refractivity contribution in [3.05, 3.63) is 46.0 Å². The third kappa shape index (κ3) is 3.66. The molecule has 0 fully saturated rings. The Morgan fingerprint density at radius 1 is 0.895 bits per heavy atom. The van der Waals surface area contributed by atoms with Crippen molar-refractivity contribution < 1.29 is 9.47 Å². The van der Waals surface area contributed by atoms with Crippen molar-refractivity contribution in [2.45, 2.75) is 0 Å². The SMILES string of the molecule is COc1cccc(N=Nc2cc(OC)ccc2I)c1. The summed E-state index contributed by atoms with van der Waals surface area (Å²) in [5, 5.41) is 8.45. The molecule has 5 heteroatoms. The van der Waals surface area contributed by atoms with Crippen molar-refractivity contribution in [1.29, 1.82) is 0 Å². The van der Waals surface area contributed by atoms with Gasteiger partial charge >= 0.3 is 0 Å². The molecule has 19 heavy (non-hydrogen) atoms. The van der Waals surface area contributed by atoms with E-state index < -0.39 is 0 Å². The van der Waals surface area contributed by atoms with Gasteiger partial charge in [0, 0.05) is 15.7 Å². The van der Waals surface area contributed by atoms with Crippen LogP contribution in [0.4, 0.5) is 11.4 Å². The molecule has 0 aliphatic carbocycles. The molecular formula is C14H13IN2O2. The van der Waals surface area contributed by atoms with Gasteiger partial charge < -0.3 is 9.47 Å². The van der Waals surface area contributed by atoms with Gasteiger partial charge in [0.25, 0.3) is 0 Å². The highest BCUT2D eigenvalue weighted by Crippen LogP contribution is 2.28. The summed E-state index contributed by atoms with van der Waals surface area (Å²) in [5.41, 5.74) is 1.53. The lowest BCUT2D eigenvalue weighted by Gasteiger charge is -2.02. The van der Waals surface area contributed by atoms with Crippen LogP contribution in [0, 0.1) is 3.57 Å². The van der Waals surface area contributed by atoms with E-state index in [1.807, 2.05) is 42.5 Å². The zero-order valence-corrected chi connectivity index (χ0v) is 12.8. The van der Waals surface area contributed by atoms with Crippen molar-refractivity contribution in [3.8, 4) is 11.5 Å². The number of hydrogen-bond donors (Lipinski definition) is 0. The van der Waals surface area contributed by atoms with Crippen LogP contribution in [0.5, 0.6) is 11.5 Å². The minimum Gasteiger partial charge on any atom is -0.497 e. The van der Waals surface area contributed by atoms with Crippen LogP contribution in [0.1, 0.15) is 0 Å². The molecule has 2 rings (SSSR count). The number of halogens is 1. The first kappa shape index (κ1) is 13.8. The predicted molar refractivity (Wildman–Crippen MR) is 82.9 cm³/mol. The Hall–Kier alpha value is -1.63. The van der Waals surface area contributed by atoms with E-state index in [2.05, 4.69) is 32.8 Å². The molecule has 0 unspecified atom stereocenters. The van der Waals surface area contributed by atoms with Gasteiger partial charge in [-0.2, -0.15) is 5.11 Å². The first-order valence-electron chi connectivity index (χ1n) is 5.62. The van der Waals surface area contributed by atoms with Crippen molar-refractivity contribution in [2.75, 3.05) is 14.2 Å². The zero-order chi connectivity index (χ0) is 13.7. The summed E-state index contributed by atoms with van der Waals surface area (Å²) >= 11 is 2.22. The van der Waals surface area contributed by atoms with E-state index in [1.54, 1.807) is 14.2 Å². The average molecular weight is 368 g/mol. The summed E-state index contributed by atoms with van der Waals surface area (Å²) in [6, 6.07) is 13.1. The molecule has 2 aromatic carbocycles. The second kappa shape index (κ2) is 6.51. The second-order valence-corrected chi connectivity index (χ2v) is 4.88. The van der Waals surface area contributed by atoms with Gasteiger partial charge in [-0.15, -0.1) is 5.11 Å². The van der Waals surface area contributed by atoms with Crippen LogP contribution in [0.25, 0.3) is 0 Å². The smallest absolute Gasteiger partial charge is 0.121 e. The molecule has 2 aromatic rings. The number of benzene rings is 2. The highest BCUT2D eigenvalue weighted by molar-refractivity contribution is 14.1. The maximum absolute atomic E-state index is 5.17. The van der Waals surface area contributed by atoms with Crippen LogP contribution in [-0.4, -0.2) is 14.2 Å². The fourth-order valence-corrected chi connectivity index (χ4v) is 1.92. The molecule has 0 N–H and O–H groups in total. The van der Waals surface area contributed by atoms with Gasteiger partial charge in [-0.25, -0.2) is 0 Å². The van der Waals surface area contributed by atoms with Gasteiger partial charge in [0.1, 0.15) is 17.2 Å². The van der Waals surface area contributed by atoms with Gasteiger partial charge in [-0.05, 0) is 46.9 Å². The normalized spacial score (nSPS) is 10.7. The molecule has 0 aromatic heterocycles. The molecule has 0 atom stereocenters. The Kier molecular flexibility index (Phi) is 4.73. The lowest BCUT2D eigenvalue weighted by molar-refractivity contribution is 0.414. The molecule has 0 radical (unpaired) electrons. The van der Waals surface area contributed by atoms with Crippen molar-refractivity contribution in [3.63, 3.8) is 0 Å². The lowest BCUT2D eigenvalue weighted by Crippen LogP contribution is -1.82. The minimum absolute atomic E-state index is 0.748. The van der Waals surface area contributed by atoms with Crippen LogP contribution < -0.4 is 9.47 Å². The summed E-state index contributed by atoms with van der Waals surface area (Å²) in [6.45, 7) is 0. The molecule has 0 aliphatic heterocycles. The monoisotopic (exact) mass is 368 g/mol. The molecule has 0 spiro atoms. The van der Waals surface area contributed by atoms with Crippen LogP contribution in [0.2, 0.25) is 0 Å². The topological polar surface area (TPSA) is 43.2 Å². The van der Waals surface area contributed by atoms with Crippen molar-refractivity contribution in [2.24, 2.45) is 10.2 Å². The van der Waals surface area contributed by atoms with E-state index in [4.69, 9.17) is 9.47 Å². The van der Waals surface area contributed by atoms with Gasteiger partial charge in [-0.3, -0.25) is 0 Å². The molecule has 0 heterocycles. The Morgan fingerprint density at radius 2 is 1.63 bits per heavy atom. The standard InChI is InChI=1S/C14H13IN2O2/c1-18-11-5-3-4-10(8-11)16-17-14-9-12(19-2)6-7-13(14)15/h3-9H,1-2H3. The summed E-state index contributed by atoms with van der Waals surface area (Å²) in [4.78, 5) is 0. The molecule has 0 saturated heterocycles. The molecule has 0 saturated carbocycles. The maximum Gasteiger partial charge on any atom is 0.121 e. The van der Waals surface area contributed by atoms with Crippen LogP contribution in [0.3, 0.4) is 0 Å². The Bertz CT molecular complexity index is 600. The van der Waals surface area contributed by atoms with Gasteiger partial charge in [0.2, 0.25) is 0 Å². The van der Waals surface area contributed by atoms with Crippen molar-refractivity contribution in [1.82, 2.24) is 0 Å². The quantitative estimate of drug-likeness (QED) is 0.579. The number of azo groups is 1. The number of rotatable bonds is 4. The average Bonchev–Trinajstić information content (AvgIpc) is 2.46. The molecule has 0 bridgehead atoms. The highest BCUT2D eigenvalue weighted by atomic mass is 127. The Labute approximate surface area is 125 Å². The molecule has 0 aliphatic rings. The van der Waals surface area contributed by atoms with Crippen molar-refractivity contribution >= 4 is 34.0 Å². The largest absolute Gasteiger partial charge is 0.497 e. The predicted octanol–water partition coefficient (Wildman–Crippen LogP) is 4.72.